The van der Waals surface area contributed by atoms with E-state index in [0.29, 0.717) is 28.6 Å². The third-order valence-electron chi connectivity index (χ3n) is 5.07. The molecule has 0 unspecified atom stereocenters. The van der Waals surface area contributed by atoms with Crippen LogP contribution in [0, 0.1) is 6.92 Å². The highest BCUT2D eigenvalue weighted by Gasteiger charge is 2.35. The molecule has 1 N–H and O–H groups in total. The fraction of sp³-hybridized carbons (Fsp3) is 0.273. The van der Waals surface area contributed by atoms with Crippen molar-refractivity contribution in [2.24, 2.45) is 5.10 Å². The van der Waals surface area contributed by atoms with E-state index in [1.54, 1.807) is 18.4 Å². The molecular weight excluding hydrogens is 406 g/mol. The summed E-state index contributed by atoms with van der Waals surface area (Å²) >= 11 is 6.52. The average molecular weight is 426 g/mol. The minimum atomic E-state index is -0.933. The van der Waals surface area contributed by atoms with Gasteiger partial charge in [-0.05, 0) is 43.2 Å². The van der Waals surface area contributed by atoms with Crippen molar-refractivity contribution in [2.75, 3.05) is 0 Å². The van der Waals surface area contributed by atoms with E-state index in [4.69, 9.17) is 21.1 Å². The lowest BCUT2D eigenvalue weighted by molar-refractivity contribution is -0.137. The molecule has 0 radical (unpaired) electrons. The number of carbonyl (C=O) groups excluding carboxylic acids is 1. The molecule has 0 saturated heterocycles. The number of hydrogen-bond donors (Lipinski definition) is 1. The van der Waals surface area contributed by atoms with Crippen molar-refractivity contribution in [3.63, 3.8) is 0 Å². The number of aromatic nitrogens is 1. The Kier molecular flexibility index (Phi) is 5.55. The van der Waals surface area contributed by atoms with Crippen LogP contribution in [0.15, 0.2) is 52.2 Å². The van der Waals surface area contributed by atoms with Crippen molar-refractivity contribution in [3.8, 4) is 0 Å². The number of nitrogens with zero attached hydrogens (tertiary/aromatic N) is 3. The molecule has 154 valence electrons. The number of hydrogen-bond acceptors (Lipinski definition) is 5. The van der Waals surface area contributed by atoms with E-state index in [0.717, 1.165) is 16.5 Å². The van der Waals surface area contributed by atoms with Gasteiger partial charge in [0, 0.05) is 30.2 Å². The van der Waals surface area contributed by atoms with Crippen molar-refractivity contribution < 1.29 is 19.1 Å². The Labute approximate surface area is 178 Å². The van der Waals surface area contributed by atoms with Crippen LogP contribution < -0.4 is 0 Å². The van der Waals surface area contributed by atoms with E-state index in [9.17, 15) is 9.59 Å². The zero-order chi connectivity index (χ0) is 21.3. The number of pyridine rings is 1. The smallest absolute Gasteiger partial charge is 0.303 e. The molecule has 2 aromatic heterocycles. The summed E-state index contributed by atoms with van der Waals surface area (Å²) in [4.78, 5) is 28.2. The number of benzene rings is 1. The maximum absolute atomic E-state index is 12.9. The highest BCUT2D eigenvalue weighted by atomic mass is 35.5. The molecule has 30 heavy (non-hydrogen) atoms. The van der Waals surface area contributed by atoms with Gasteiger partial charge < -0.3 is 9.52 Å². The fourth-order valence-corrected chi connectivity index (χ4v) is 3.85. The predicted octanol–water partition coefficient (Wildman–Crippen LogP) is 4.72. The number of halogens is 1. The summed E-state index contributed by atoms with van der Waals surface area (Å²) in [6, 6.07) is 11.0. The fourth-order valence-electron chi connectivity index (χ4n) is 3.58. The van der Waals surface area contributed by atoms with Gasteiger partial charge in [0.25, 0.3) is 0 Å². The van der Waals surface area contributed by atoms with E-state index < -0.39 is 12.0 Å². The monoisotopic (exact) mass is 425 g/mol. The second-order valence-electron chi connectivity index (χ2n) is 7.29. The molecule has 4 rings (SSSR count). The van der Waals surface area contributed by atoms with Crippen LogP contribution in [-0.4, -0.2) is 32.7 Å². The Balaban J connectivity index is 1.68. The number of aryl methyl sites for hydroxylation is 1. The zero-order valence-corrected chi connectivity index (χ0v) is 17.1. The van der Waals surface area contributed by atoms with Gasteiger partial charge >= 0.3 is 5.97 Å². The molecule has 3 aromatic rings. The van der Waals surface area contributed by atoms with Crippen LogP contribution in [0.25, 0.3) is 10.9 Å². The minimum absolute atomic E-state index is 0.0728. The van der Waals surface area contributed by atoms with Crippen LogP contribution in [-0.2, 0) is 9.59 Å². The maximum atomic E-state index is 12.9. The summed E-state index contributed by atoms with van der Waals surface area (Å²) in [5.74, 6) is -0.609. The summed E-state index contributed by atoms with van der Waals surface area (Å²) in [7, 11) is 0. The van der Waals surface area contributed by atoms with E-state index in [1.807, 2.05) is 31.2 Å². The Bertz CT molecular complexity index is 1140. The van der Waals surface area contributed by atoms with Gasteiger partial charge in [-0.2, -0.15) is 5.10 Å². The average Bonchev–Trinajstić information content (AvgIpc) is 3.37. The van der Waals surface area contributed by atoms with Gasteiger partial charge in [0.1, 0.15) is 16.6 Å². The first-order valence-electron chi connectivity index (χ1n) is 9.64. The van der Waals surface area contributed by atoms with Crippen molar-refractivity contribution in [3.05, 3.63) is 64.7 Å². The molecule has 1 aromatic carbocycles. The van der Waals surface area contributed by atoms with Gasteiger partial charge in [-0.3, -0.25) is 9.59 Å². The third-order valence-corrected chi connectivity index (χ3v) is 5.37. The number of carboxylic acid groups (broad SMARTS) is 1. The number of aliphatic carboxylic acids is 1. The van der Waals surface area contributed by atoms with Crippen molar-refractivity contribution >= 4 is 40.1 Å². The largest absolute Gasteiger partial charge is 0.481 e. The van der Waals surface area contributed by atoms with Crippen LogP contribution in [0.5, 0.6) is 0 Å². The Morgan fingerprint density at radius 2 is 2.10 bits per heavy atom. The van der Waals surface area contributed by atoms with Crippen molar-refractivity contribution in [2.45, 2.75) is 38.6 Å². The molecule has 1 aliphatic heterocycles. The first-order valence-corrected chi connectivity index (χ1v) is 10.0. The normalized spacial score (nSPS) is 16.1. The number of hydrazone groups is 1. The topological polar surface area (TPSA) is 96.0 Å². The second-order valence-corrected chi connectivity index (χ2v) is 7.65. The number of carbonyl (C=O) groups is 2. The highest BCUT2D eigenvalue weighted by molar-refractivity contribution is 6.30. The zero-order valence-electron chi connectivity index (χ0n) is 16.3. The van der Waals surface area contributed by atoms with Gasteiger partial charge in [-0.15, -0.1) is 0 Å². The molecule has 7 nitrogen and oxygen atoms in total. The Hall–Kier alpha value is -3.19. The van der Waals surface area contributed by atoms with Gasteiger partial charge in [0.05, 0.1) is 17.8 Å². The van der Waals surface area contributed by atoms with E-state index in [1.165, 1.54) is 5.01 Å². The predicted molar refractivity (Wildman–Crippen MR) is 112 cm³/mol. The highest BCUT2D eigenvalue weighted by Crippen LogP contribution is 2.37. The maximum Gasteiger partial charge on any atom is 0.303 e. The van der Waals surface area contributed by atoms with Crippen LogP contribution in [0.1, 0.15) is 48.6 Å². The second kappa shape index (κ2) is 8.28. The number of furan rings is 1. The molecule has 0 fully saturated rings. The lowest BCUT2D eigenvalue weighted by atomic mass is 10.00. The van der Waals surface area contributed by atoms with Gasteiger partial charge in [-0.25, -0.2) is 9.99 Å². The molecule has 0 aliphatic carbocycles. The summed E-state index contributed by atoms with van der Waals surface area (Å²) in [5.41, 5.74) is 3.20. The molecule has 0 spiro atoms. The Morgan fingerprint density at radius 3 is 2.83 bits per heavy atom. The first kappa shape index (κ1) is 20.1. The lowest BCUT2D eigenvalue weighted by Gasteiger charge is -2.23. The standard InChI is InChI=1S/C22H20ClN3O4/c1-13-7-8-14-11-15(22(23)24-16(14)10-13)18-12-17(19-4-3-9-30-19)25-26(18)20(27)5-2-6-21(28)29/h3-4,7-11,18H,2,5-6,12H2,1H3,(H,28,29)/t18-/m0/s1. The third kappa shape index (κ3) is 4.07. The van der Waals surface area contributed by atoms with Crippen molar-refractivity contribution in [1.82, 2.24) is 9.99 Å². The lowest BCUT2D eigenvalue weighted by Crippen LogP contribution is -2.27. The van der Waals surface area contributed by atoms with Gasteiger partial charge in [0.2, 0.25) is 5.91 Å². The van der Waals surface area contributed by atoms with E-state index in [2.05, 4.69) is 10.1 Å². The van der Waals surface area contributed by atoms with Gasteiger partial charge in [0.15, 0.2) is 0 Å². The van der Waals surface area contributed by atoms with E-state index >= 15 is 0 Å². The minimum Gasteiger partial charge on any atom is -0.481 e. The molecule has 1 atom stereocenters. The molecule has 0 saturated carbocycles. The van der Waals surface area contributed by atoms with Crippen LogP contribution in [0.4, 0.5) is 0 Å². The van der Waals surface area contributed by atoms with Crippen LogP contribution in [0.2, 0.25) is 5.15 Å². The SMILES string of the molecule is Cc1ccc2cc([C@@H]3CC(c4ccco4)=NN3C(=O)CCCC(=O)O)c(Cl)nc2c1. The van der Waals surface area contributed by atoms with Crippen molar-refractivity contribution in [1.29, 1.82) is 0 Å². The van der Waals surface area contributed by atoms with E-state index in [-0.39, 0.29) is 25.2 Å². The molecule has 8 heteroatoms. The Morgan fingerprint density at radius 1 is 1.27 bits per heavy atom. The first-order chi connectivity index (χ1) is 14.4. The molecule has 1 aliphatic rings. The number of carboxylic acids is 1. The molecule has 0 bridgehead atoms. The number of fused-ring (bicyclic) bond motifs is 1. The summed E-state index contributed by atoms with van der Waals surface area (Å²) < 4.78 is 5.46. The number of amides is 1. The van der Waals surface area contributed by atoms with Crippen LogP contribution in [0.3, 0.4) is 0 Å². The molecule has 3 heterocycles. The molecule has 1 amide bonds. The number of rotatable bonds is 6. The molecular formula is C22H20ClN3O4. The summed E-state index contributed by atoms with van der Waals surface area (Å²) in [6.07, 6.45) is 2.23. The summed E-state index contributed by atoms with van der Waals surface area (Å²) in [5, 5.41) is 16.0. The summed E-state index contributed by atoms with van der Waals surface area (Å²) in [6.45, 7) is 1.99. The quantitative estimate of drug-likeness (QED) is 0.576. The van der Waals surface area contributed by atoms with Gasteiger partial charge in [-0.1, -0.05) is 23.7 Å². The van der Waals surface area contributed by atoms with Crippen LogP contribution >= 0.6 is 11.6 Å².